The summed E-state index contributed by atoms with van der Waals surface area (Å²) in [6.45, 7) is 2.97. The van der Waals surface area contributed by atoms with Crippen molar-refractivity contribution < 1.29 is 0 Å². The zero-order valence-electron chi connectivity index (χ0n) is 12.4. The van der Waals surface area contributed by atoms with Gasteiger partial charge in [0.05, 0.1) is 11.9 Å². The Kier molecular flexibility index (Phi) is 5.15. The molecular formula is C16H15ClN4S2. The highest BCUT2D eigenvalue weighted by molar-refractivity contribution is 8.14. The summed E-state index contributed by atoms with van der Waals surface area (Å²) in [7, 11) is 0. The van der Waals surface area contributed by atoms with Crippen molar-refractivity contribution in [3.63, 3.8) is 0 Å². The number of pyridine rings is 1. The molecule has 2 heterocycles. The average Bonchev–Trinajstić information content (AvgIpc) is 2.89. The van der Waals surface area contributed by atoms with E-state index >= 15 is 0 Å². The number of benzene rings is 1. The maximum absolute atomic E-state index is 6.02. The Morgan fingerprint density at radius 3 is 3.04 bits per heavy atom. The van der Waals surface area contributed by atoms with Crippen molar-refractivity contribution >= 4 is 57.2 Å². The quantitative estimate of drug-likeness (QED) is 0.793. The van der Waals surface area contributed by atoms with Gasteiger partial charge in [-0.25, -0.2) is 4.99 Å². The Balaban J connectivity index is 1.79. The summed E-state index contributed by atoms with van der Waals surface area (Å²) < 4.78 is 0. The first-order valence-electron chi connectivity index (χ1n) is 7.11. The zero-order valence-corrected chi connectivity index (χ0v) is 14.8. The number of thioether (sulfide) groups is 1. The Morgan fingerprint density at radius 1 is 1.43 bits per heavy atom. The Morgan fingerprint density at radius 2 is 2.30 bits per heavy atom. The topological polar surface area (TPSA) is 40.5 Å². The molecule has 2 aromatic rings. The molecule has 23 heavy (non-hydrogen) atoms. The number of aromatic nitrogens is 1. The van der Waals surface area contributed by atoms with Crippen LogP contribution in [0.3, 0.4) is 0 Å². The van der Waals surface area contributed by atoms with Gasteiger partial charge in [-0.15, -0.1) is 0 Å². The Hall–Kier alpha value is -1.63. The highest BCUT2D eigenvalue weighted by Crippen LogP contribution is 2.28. The van der Waals surface area contributed by atoms with Crippen molar-refractivity contribution in [1.29, 1.82) is 0 Å². The first kappa shape index (κ1) is 16.2. The van der Waals surface area contributed by atoms with Crippen LogP contribution in [-0.4, -0.2) is 32.0 Å². The number of thiocarbonyl (C=S) groups is 1. The Labute approximate surface area is 150 Å². The lowest BCUT2D eigenvalue weighted by molar-refractivity contribution is 0.641. The van der Waals surface area contributed by atoms with Crippen molar-refractivity contribution in [2.75, 3.05) is 11.9 Å². The number of hydrogen-bond acceptors (Lipinski definition) is 4. The molecule has 1 atom stereocenters. The molecule has 1 fully saturated rings. The predicted octanol–water partition coefficient (Wildman–Crippen LogP) is 4.56. The van der Waals surface area contributed by atoms with Crippen molar-refractivity contribution in [3.8, 4) is 0 Å². The van der Waals surface area contributed by atoms with Gasteiger partial charge in [0.15, 0.2) is 10.3 Å². The van der Waals surface area contributed by atoms with E-state index in [2.05, 4.69) is 22.2 Å². The van der Waals surface area contributed by atoms with E-state index in [-0.39, 0.29) is 0 Å². The first-order chi connectivity index (χ1) is 11.1. The van der Waals surface area contributed by atoms with Crippen LogP contribution in [0.4, 0.5) is 11.4 Å². The third-order valence-corrected chi connectivity index (χ3v) is 4.80. The minimum absolute atomic E-state index is 0.421. The molecule has 0 amide bonds. The fraction of sp³-hybridized carbons (Fsp3) is 0.188. The largest absolute Gasteiger partial charge is 0.332 e. The lowest BCUT2D eigenvalue weighted by atomic mass is 10.3. The first-order valence-corrected chi connectivity index (χ1v) is 8.78. The SMILES string of the molecule is CC1CN(C(=S)Nc2cccc(Cl)c2)/C(=N\c2cccnc2)S1. The van der Waals surface area contributed by atoms with E-state index in [1.807, 2.05) is 41.3 Å². The molecule has 1 saturated heterocycles. The van der Waals surface area contributed by atoms with E-state index in [0.29, 0.717) is 15.4 Å². The molecule has 0 spiro atoms. The number of amidine groups is 1. The third kappa shape index (κ3) is 4.22. The third-order valence-electron chi connectivity index (χ3n) is 3.17. The second-order valence-electron chi connectivity index (χ2n) is 5.09. The number of aliphatic imine (C=N–C) groups is 1. The summed E-state index contributed by atoms with van der Waals surface area (Å²) in [5, 5.41) is 5.81. The van der Waals surface area contributed by atoms with Crippen LogP contribution in [0.2, 0.25) is 5.02 Å². The molecule has 3 rings (SSSR count). The summed E-state index contributed by atoms with van der Waals surface area (Å²) in [6.07, 6.45) is 3.47. The molecule has 0 bridgehead atoms. The van der Waals surface area contributed by atoms with E-state index < -0.39 is 0 Å². The van der Waals surface area contributed by atoms with Crippen LogP contribution in [0.5, 0.6) is 0 Å². The smallest absolute Gasteiger partial charge is 0.179 e. The van der Waals surface area contributed by atoms with Crippen LogP contribution in [0.1, 0.15) is 6.92 Å². The molecule has 4 nitrogen and oxygen atoms in total. The predicted molar refractivity (Wildman–Crippen MR) is 103 cm³/mol. The summed E-state index contributed by atoms with van der Waals surface area (Å²) in [5.74, 6) is 0. The summed E-state index contributed by atoms with van der Waals surface area (Å²) in [4.78, 5) is 10.8. The fourth-order valence-corrected chi connectivity index (χ4v) is 3.72. The molecule has 1 N–H and O–H groups in total. The molecule has 7 heteroatoms. The van der Waals surface area contributed by atoms with Gasteiger partial charge >= 0.3 is 0 Å². The monoisotopic (exact) mass is 362 g/mol. The summed E-state index contributed by atoms with van der Waals surface area (Å²) in [6, 6.07) is 11.3. The number of rotatable bonds is 2. The van der Waals surface area contributed by atoms with Crippen LogP contribution >= 0.6 is 35.6 Å². The number of nitrogens with zero attached hydrogens (tertiary/aromatic N) is 3. The van der Waals surface area contributed by atoms with E-state index in [4.69, 9.17) is 23.8 Å². The number of anilines is 1. The molecule has 0 saturated carbocycles. The molecule has 1 aliphatic rings. The number of halogens is 1. The van der Waals surface area contributed by atoms with Gasteiger partial charge in [-0.05, 0) is 42.5 Å². The summed E-state index contributed by atoms with van der Waals surface area (Å²) in [5.41, 5.74) is 1.69. The van der Waals surface area contributed by atoms with Crippen molar-refractivity contribution in [1.82, 2.24) is 9.88 Å². The number of hydrogen-bond donors (Lipinski definition) is 1. The van der Waals surface area contributed by atoms with E-state index in [1.54, 1.807) is 24.2 Å². The van der Waals surface area contributed by atoms with E-state index in [0.717, 1.165) is 23.1 Å². The maximum Gasteiger partial charge on any atom is 0.179 e. The van der Waals surface area contributed by atoms with Crippen LogP contribution < -0.4 is 5.32 Å². The van der Waals surface area contributed by atoms with Crippen molar-refractivity contribution in [3.05, 3.63) is 53.8 Å². The molecule has 1 aromatic carbocycles. The molecule has 118 valence electrons. The van der Waals surface area contributed by atoms with Gasteiger partial charge in [-0.1, -0.05) is 36.4 Å². The van der Waals surface area contributed by atoms with Crippen molar-refractivity contribution in [2.45, 2.75) is 12.2 Å². The van der Waals surface area contributed by atoms with Gasteiger partial charge in [-0.2, -0.15) is 0 Å². The normalized spacial score (nSPS) is 19.1. The zero-order chi connectivity index (χ0) is 16.2. The molecule has 0 radical (unpaired) electrons. The van der Waals surface area contributed by atoms with Crippen LogP contribution in [0.25, 0.3) is 0 Å². The highest BCUT2D eigenvalue weighted by atomic mass is 35.5. The standard InChI is InChI=1S/C16H15ClN4S2/c1-11-10-21(15(22)19-13-5-2-4-12(17)8-13)16(23-11)20-14-6-3-7-18-9-14/h2-9,11H,10H2,1H3,(H,19,22)/b20-16+. The van der Waals surface area contributed by atoms with Crippen LogP contribution in [0.15, 0.2) is 53.8 Å². The molecule has 1 aromatic heterocycles. The highest BCUT2D eigenvalue weighted by Gasteiger charge is 2.28. The van der Waals surface area contributed by atoms with Gasteiger partial charge in [0.1, 0.15) is 0 Å². The van der Waals surface area contributed by atoms with Gasteiger partial charge in [-0.3, -0.25) is 9.88 Å². The number of nitrogens with one attached hydrogen (secondary N) is 1. The van der Waals surface area contributed by atoms with E-state index in [9.17, 15) is 0 Å². The maximum atomic E-state index is 6.02. The van der Waals surface area contributed by atoms with Crippen LogP contribution in [0, 0.1) is 0 Å². The fourth-order valence-electron chi connectivity index (χ4n) is 2.16. The van der Waals surface area contributed by atoms with Crippen molar-refractivity contribution in [2.24, 2.45) is 4.99 Å². The second kappa shape index (κ2) is 7.29. The van der Waals surface area contributed by atoms with E-state index in [1.165, 1.54) is 0 Å². The minimum Gasteiger partial charge on any atom is -0.332 e. The Bertz CT molecular complexity index is 736. The summed E-state index contributed by atoms with van der Waals surface area (Å²) >= 11 is 13.3. The van der Waals surface area contributed by atoms with Gasteiger partial charge in [0.25, 0.3) is 0 Å². The van der Waals surface area contributed by atoms with Gasteiger partial charge in [0, 0.05) is 28.7 Å². The molecule has 0 aliphatic carbocycles. The van der Waals surface area contributed by atoms with Gasteiger partial charge in [0.2, 0.25) is 0 Å². The molecular weight excluding hydrogens is 348 g/mol. The van der Waals surface area contributed by atoms with Gasteiger partial charge < -0.3 is 5.32 Å². The lowest BCUT2D eigenvalue weighted by Crippen LogP contribution is -2.36. The van der Waals surface area contributed by atoms with Crippen LogP contribution in [-0.2, 0) is 0 Å². The molecule has 1 unspecified atom stereocenters. The minimum atomic E-state index is 0.421. The second-order valence-corrected chi connectivity index (χ2v) is 7.31. The molecule has 1 aliphatic heterocycles. The lowest BCUT2D eigenvalue weighted by Gasteiger charge is -2.20. The average molecular weight is 363 g/mol.